The van der Waals surface area contributed by atoms with Gasteiger partial charge in [-0.05, 0) is 40.8 Å². The quantitative estimate of drug-likeness (QED) is 0.509. The number of carbonyl (C=O) groups is 1. The van der Waals surface area contributed by atoms with Crippen molar-refractivity contribution in [3.8, 4) is 0 Å². The van der Waals surface area contributed by atoms with Crippen molar-refractivity contribution in [3.05, 3.63) is 52.1 Å². The summed E-state index contributed by atoms with van der Waals surface area (Å²) in [6, 6.07) is 10.1. The molecule has 1 aliphatic heterocycles. The fourth-order valence-corrected chi connectivity index (χ4v) is 5.38. The summed E-state index contributed by atoms with van der Waals surface area (Å²) in [6.07, 6.45) is 5.03. The Morgan fingerprint density at radius 2 is 2.18 bits per heavy atom. The Hall–Kier alpha value is -1.83. The first kappa shape index (κ1) is 19.5. The second kappa shape index (κ2) is 8.68. The van der Waals surface area contributed by atoms with Gasteiger partial charge in [0.2, 0.25) is 0 Å². The van der Waals surface area contributed by atoms with E-state index in [0.29, 0.717) is 18.8 Å². The second-order valence-electron chi connectivity index (χ2n) is 6.97. The number of pyridine rings is 1. The number of anilines is 1. The molecule has 0 saturated carbocycles. The molecule has 1 saturated heterocycles. The molecule has 7 heteroatoms. The van der Waals surface area contributed by atoms with Crippen LogP contribution in [0.5, 0.6) is 0 Å². The molecule has 3 heterocycles. The normalized spacial score (nSPS) is 16.8. The van der Waals surface area contributed by atoms with Crippen LogP contribution >= 0.6 is 27.3 Å². The van der Waals surface area contributed by atoms with Crippen molar-refractivity contribution < 1.29 is 9.53 Å². The third-order valence-electron chi connectivity index (χ3n) is 5.12. The zero-order valence-electron chi connectivity index (χ0n) is 15.7. The highest BCUT2D eigenvalue weighted by molar-refractivity contribution is 9.10. The van der Waals surface area contributed by atoms with Crippen LogP contribution in [0.15, 0.2) is 41.0 Å². The van der Waals surface area contributed by atoms with Gasteiger partial charge in [0.15, 0.2) is 16.6 Å². The molecule has 1 aromatic carbocycles. The molecule has 1 aliphatic rings. The van der Waals surface area contributed by atoms with E-state index in [4.69, 9.17) is 9.72 Å². The standard InChI is InChI=1S/C21H22BrN3O2S/c1-27-13-15-16(22)12-23-20-19(15)28-21(24-20)25-11-5-8-17(25)18(26)10-9-14-6-3-2-4-7-14/h2-4,6-7,12,17H,5,8-11,13H2,1H3/t17-/m1/s1. The number of benzene rings is 1. The Morgan fingerprint density at radius 1 is 1.36 bits per heavy atom. The van der Waals surface area contributed by atoms with Crippen LogP contribution in [0.1, 0.15) is 30.4 Å². The van der Waals surface area contributed by atoms with Gasteiger partial charge in [-0.2, -0.15) is 4.98 Å². The van der Waals surface area contributed by atoms with E-state index >= 15 is 0 Å². The molecule has 0 spiro atoms. The molecular weight excluding hydrogens is 438 g/mol. The number of ketones is 1. The number of nitrogens with zero attached hydrogens (tertiary/aromatic N) is 3. The summed E-state index contributed by atoms with van der Waals surface area (Å²) in [5.41, 5.74) is 2.98. The van der Waals surface area contributed by atoms with Gasteiger partial charge in [-0.1, -0.05) is 41.7 Å². The van der Waals surface area contributed by atoms with E-state index in [-0.39, 0.29) is 6.04 Å². The summed E-state index contributed by atoms with van der Waals surface area (Å²) in [5, 5.41) is 0.883. The lowest BCUT2D eigenvalue weighted by atomic mass is 10.0. The lowest BCUT2D eigenvalue weighted by Crippen LogP contribution is -2.36. The number of hydrogen-bond acceptors (Lipinski definition) is 6. The van der Waals surface area contributed by atoms with E-state index in [9.17, 15) is 4.79 Å². The number of methoxy groups -OCH3 is 1. The zero-order valence-corrected chi connectivity index (χ0v) is 18.1. The van der Waals surface area contributed by atoms with Crippen LogP contribution in [-0.2, 0) is 22.6 Å². The molecule has 0 amide bonds. The van der Waals surface area contributed by atoms with Gasteiger partial charge >= 0.3 is 0 Å². The maximum absolute atomic E-state index is 12.9. The van der Waals surface area contributed by atoms with E-state index in [1.165, 1.54) is 5.56 Å². The van der Waals surface area contributed by atoms with Gasteiger partial charge in [-0.3, -0.25) is 4.79 Å². The first-order valence-electron chi connectivity index (χ1n) is 9.43. The van der Waals surface area contributed by atoms with Crippen LogP contribution < -0.4 is 4.90 Å². The van der Waals surface area contributed by atoms with Crippen LogP contribution in [0.25, 0.3) is 10.3 Å². The molecular formula is C21H22BrN3O2S. The molecule has 4 rings (SSSR count). The number of ether oxygens (including phenoxy) is 1. The van der Waals surface area contributed by atoms with Crippen molar-refractivity contribution >= 4 is 48.5 Å². The topological polar surface area (TPSA) is 55.3 Å². The molecule has 1 atom stereocenters. The number of halogens is 1. The molecule has 3 aromatic rings. The predicted octanol–water partition coefficient (Wildman–Crippen LogP) is 4.77. The maximum atomic E-state index is 12.9. The number of aryl methyl sites for hydroxylation is 1. The van der Waals surface area contributed by atoms with Crippen LogP contribution in [-0.4, -0.2) is 35.4 Å². The summed E-state index contributed by atoms with van der Waals surface area (Å²) in [5.74, 6) is 0.298. The van der Waals surface area contributed by atoms with Gasteiger partial charge in [0.1, 0.15) is 0 Å². The van der Waals surface area contributed by atoms with Gasteiger partial charge < -0.3 is 9.64 Å². The smallest absolute Gasteiger partial charge is 0.188 e. The number of aromatic nitrogens is 2. The SMILES string of the molecule is COCc1c(Br)cnc2nc(N3CCC[C@@H]3C(=O)CCc3ccccc3)sc12. The lowest BCUT2D eigenvalue weighted by molar-refractivity contribution is -0.120. The number of rotatable bonds is 7. The minimum atomic E-state index is -0.0846. The molecule has 0 radical (unpaired) electrons. The number of carbonyl (C=O) groups excluding carboxylic acids is 1. The summed E-state index contributed by atoms with van der Waals surface area (Å²) in [7, 11) is 1.68. The summed E-state index contributed by atoms with van der Waals surface area (Å²) in [6.45, 7) is 1.36. The van der Waals surface area contributed by atoms with E-state index in [1.807, 2.05) is 18.2 Å². The Balaban J connectivity index is 1.54. The molecule has 0 unspecified atom stereocenters. The Morgan fingerprint density at radius 3 is 2.96 bits per heavy atom. The third kappa shape index (κ3) is 3.97. The van der Waals surface area contributed by atoms with Crippen molar-refractivity contribution in [1.29, 1.82) is 0 Å². The zero-order chi connectivity index (χ0) is 19.5. The lowest BCUT2D eigenvalue weighted by Gasteiger charge is -2.22. The van der Waals surface area contributed by atoms with E-state index in [2.05, 4.69) is 37.9 Å². The summed E-state index contributed by atoms with van der Waals surface area (Å²) >= 11 is 5.16. The number of thiazole rings is 1. The third-order valence-corrected chi connectivity index (χ3v) is 6.95. The Bertz CT molecular complexity index is 976. The summed E-state index contributed by atoms with van der Waals surface area (Å²) < 4.78 is 7.29. The molecule has 1 fully saturated rings. The highest BCUT2D eigenvalue weighted by Gasteiger charge is 2.32. The first-order chi connectivity index (χ1) is 13.7. The molecule has 0 bridgehead atoms. The van der Waals surface area contributed by atoms with Crippen LogP contribution in [0, 0.1) is 0 Å². The average molecular weight is 460 g/mol. The highest BCUT2D eigenvalue weighted by Crippen LogP contribution is 2.37. The highest BCUT2D eigenvalue weighted by atomic mass is 79.9. The van der Waals surface area contributed by atoms with E-state index in [1.54, 1.807) is 24.6 Å². The largest absolute Gasteiger partial charge is 0.380 e. The van der Waals surface area contributed by atoms with Gasteiger partial charge in [0.25, 0.3) is 0 Å². The van der Waals surface area contributed by atoms with Crippen LogP contribution in [0.3, 0.4) is 0 Å². The van der Waals surface area contributed by atoms with Crippen molar-refractivity contribution in [3.63, 3.8) is 0 Å². The fourth-order valence-electron chi connectivity index (χ4n) is 3.70. The maximum Gasteiger partial charge on any atom is 0.188 e. The molecule has 28 heavy (non-hydrogen) atoms. The van der Waals surface area contributed by atoms with Crippen LogP contribution in [0.4, 0.5) is 5.13 Å². The monoisotopic (exact) mass is 459 g/mol. The molecule has 0 aliphatic carbocycles. The number of Topliss-reactive ketones (excluding diaryl/α,β-unsaturated/α-hetero) is 1. The molecule has 5 nitrogen and oxygen atoms in total. The van der Waals surface area contributed by atoms with Crippen molar-refractivity contribution in [2.75, 3.05) is 18.6 Å². The fraction of sp³-hybridized carbons (Fsp3) is 0.381. The second-order valence-corrected chi connectivity index (χ2v) is 8.80. The van der Waals surface area contributed by atoms with Gasteiger partial charge in [0, 0.05) is 36.3 Å². The van der Waals surface area contributed by atoms with Crippen LogP contribution in [0.2, 0.25) is 0 Å². The molecule has 0 N–H and O–H groups in total. The summed E-state index contributed by atoms with van der Waals surface area (Å²) in [4.78, 5) is 24.3. The minimum Gasteiger partial charge on any atom is -0.380 e. The van der Waals surface area contributed by atoms with E-state index < -0.39 is 0 Å². The Labute approximate surface area is 176 Å². The van der Waals surface area contributed by atoms with Gasteiger partial charge in [0.05, 0.1) is 17.3 Å². The number of fused-ring (bicyclic) bond motifs is 1. The van der Waals surface area contributed by atoms with Crippen molar-refractivity contribution in [2.45, 2.75) is 38.3 Å². The first-order valence-corrected chi connectivity index (χ1v) is 11.0. The van der Waals surface area contributed by atoms with Gasteiger partial charge in [-0.25, -0.2) is 4.98 Å². The minimum absolute atomic E-state index is 0.0846. The van der Waals surface area contributed by atoms with Crippen molar-refractivity contribution in [2.24, 2.45) is 0 Å². The van der Waals surface area contributed by atoms with Crippen molar-refractivity contribution in [1.82, 2.24) is 9.97 Å². The Kier molecular flexibility index (Phi) is 6.04. The predicted molar refractivity (Wildman–Crippen MR) is 116 cm³/mol. The van der Waals surface area contributed by atoms with Gasteiger partial charge in [-0.15, -0.1) is 0 Å². The molecule has 2 aromatic heterocycles. The average Bonchev–Trinajstić information content (AvgIpc) is 3.36. The van der Waals surface area contributed by atoms with E-state index in [0.717, 1.165) is 51.3 Å². The molecule has 146 valence electrons. The number of hydrogen-bond donors (Lipinski definition) is 0.